The fraction of sp³-hybridized carbons (Fsp3) is 0.500. The van der Waals surface area contributed by atoms with Gasteiger partial charge in [-0.3, -0.25) is 19.8 Å². The highest BCUT2D eigenvalue weighted by Crippen LogP contribution is 2.36. The van der Waals surface area contributed by atoms with E-state index in [0.29, 0.717) is 17.1 Å². The van der Waals surface area contributed by atoms with E-state index in [9.17, 15) is 14.4 Å². The largest absolute Gasteiger partial charge is 0.493 e. The molecular formula is C22H27IN2O5. The number of methoxy groups -OCH3 is 1. The first-order valence-corrected chi connectivity index (χ1v) is 11.4. The van der Waals surface area contributed by atoms with Crippen molar-refractivity contribution in [1.29, 1.82) is 0 Å². The molecule has 8 heteroatoms. The van der Waals surface area contributed by atoms with Gasteiger partial charge in [0.15, 0.2) is 11.5 Å². The maximum atomic E-state index is 13.1. The summed E-state index contributed by atoms with van der Waals surface area (Å²) >= 11 is 2.15. The zero-order valence-electron chi connectivity index (χ0n) is 17.5. The number of urea groups is 1. The second-order valence-electron chi connectivity index (χ2n) is 7.66. The van der Waals surface area contributed by atoms with Gasteiger partial charge in [0.1, 0.15) is 5.57 Å². The number of nitrogens with zero attached hydrogens (tertiary/aromatic N) is 1. The molecule has 2 fully saturated rings. The number of barbiturate groups is 1. The SMILES string of the molecule is CC[C@H](C)Oc1c(I)cc(/C=C2\C(=O)NC(=O)N(C3CCCCC3)C2=O)cc1OC. The van der Waals surface area contributed by atoms with E-state index in [4.69, 9.17) is 9.47 Å². The Morgan fingerprint density at radius 1 is 1.23 bits per heavy atom. The lowest BCUT2D eigenvalue weighted by atomic mass is 9.93. The van der Waals surface area contributed by atoms with Crippen LogP contribution in [0.3, 0.4) is 0 Å². The third-order valence-corrected chi connectivity index (χ3v) is 6.33. The lowest BCUT2D eigenvalue weighted by molar-refractivity contribution is -0.132. The standard InChI is InChI=1S/C22H27IN2O5/c1-4-13(2)30-19-17(23)11-14(12-18(19)29-3)10-16-20(26)24-22(28)25(21(16)27)15-8-6-5-7-9-15/h10-13,15H,4-9H2,1-3H3,(H,24,26,28)/b16-10+/t13-/m0/s1. The van der Waals surface area contributed by atoms with Crippen LogP contribution in [0, 0.1) is 3.57 Å². The molecule has 1 N–H and O–H groups in total. The van der Waals surface area contributed by atoms with Gasteiger partial charge in [0.05, 0.1) is 16.8 Å². The van der Waals surface area contributed by atoms with E-state index in [-0.39, 0.29) is 17.7 Å². The highest BCUT2D eigenvalue weighted by Gasteiger charge is 2.40. The highest BCUT2D eigenvalue weighted by molar-refractivity contribution is 14.1. The van der Waals surface area contributed by atoms with Crippen LogP contribution >= 0.6 is 22.6 Å². The average molecular weight is 526 g/mol. The number of ether oxygens (including phenoxy) is 2. The van der Waals surface area contributed by atoms with Gasteiger partial charge < -0.3 is 9.47 Å². The van der Waals surface area contributed by atoms with Gasteiger partial charge in [-0.2, -0.15) is 0 Å². The number of hydrogen-bond donors (Lipinski definition) is 1. The van der Waals surface area contributed by atoms with Crippen molar-refractivity contribution in [2.24, 2.45) is 0 Å². The number of amides is 4. The van der Waals surface area contributed by atoms with Gasteiger partial charge in [0, 0.05) is 6.04 Å². The van der Waals surface area contributed by atoms with Gasteiger partial charge in [-0.1, -0.05) is 26.2 Å². The monoisotopic (exact) mass is 526 g/mol. The van der Waals surface area contributed by atoms with Gasteiger partial charge in [0.25, 0.3) is 11.8 Å². The van der Waals surface area contributed by atoms with Crippen molar-refractivity contribution < 1.29 is 23.9 Å². The Bertz CT molecular complexity index is 877. The van der Waals surface area contributed by atoms with Crippen LogP contribution in [0.1, 0.15) is 57.9 Å². The van der Waals surface area contributed by atoms with Crippen molar-refractivity contribution >= 4 is 46.5 Å². The van der Waals surface area contributed by atoms with Crippen LogP contribution in [0.25, 0.3) is 6.08 Å². The molecule has 1 aliphatic carbocycles. The third kappa shape index (κ3) is 4.79. The lowest BCUT2D eigenvalue weighted by Gasteiger charge is -2.35. The Labute approximate surface area is 190 Å². The van der Waals surface area contributed by atoms with E-state index >= 15 is 0 Å². The van der Waals surface area contributed by atoms with Gasteiger partial charge in [-0.05, 0) is 72.5 Å². The minimum absolute atomic E-state index is 0.0254. The maximum absolute atomic E-state index is 13.1. The summed E-state index contributed by atoms with van der Waals surface area (Å²) in [7, 11) is 1.55. The number of carbonyl (C=O) groups is 3. The molecule has 0 aromatic heterocycles. The summed E-state index contributed by atoms with van der Waals surface area (Å²) in [5.74, 6) is -0.0542. The summed E-state index contributed by atoms with van der Waals surface area (Å²) in [6, 6.07) is 2.77. The smallest absolute Gasteiger partial charge is 0.331 e. The predicted octanol–water partition coefficient (Wildman–Crippen LogP) is 4.27. The molecule has 3 rings (SSSR count). The van der Waals surface area contributed by atoms with E-state index in [2.05, 4.69) is 27.9 Å². The van der Waals surface area contributed by atoms with Crippen molar-refractivity contribution in [3.8, 4) is 11.5 Å². The second kappa shape index (κ2) is 9.80. The number of benzene rings is 1. The molecule has 30 heavy (non-hydrogen) atoms. The van der Waals surface area contributed by atoms with Crippen LogP contribution in [0.5, 0.6) is 11.5 Å². The molecule has 1 saturated carbocycles. The molecule has 1 aliphatic heterocycles. The fourth-order valence-electron chi connectivity index (χ4n) is 3.73. The molecule has 1 heterocycles. The van der Waals surface area contributed by atoms with Crippen LogP contribution in [-0.4, -0.2) is 42.0 Å². The first-order valence-electron chi connectivity index (χ1n) is 10.3. The average Bonchev–Trinajstić information content (AvgIpc) is 2.73. The summed E-state index contributed by atoms with van der Waals surface area (Å²) in [6.07, 6.45) is 6.98. The van der Waals surface area contributed by atoms with Crippen molar-refractivity contribution in [2.45, 2.75) is 64.5 Å². The van der Waals surface area contributed by atoms with E-state index in [1.54, 1.807) is 13.2 Å². The molecule has 0 radical (unpaired) electrons. The summed E-state index contributed by atoms with van der Waals surface area (Å²) in [4.78, 5) is 39.1. The number of rotatable bonds is 6. The molecule has 2 aliphatic rings. The Kier molecular flexibility index (Phi) is 7.38. The zero-order chi connectivity index (χ0) is 21.8. The van der Waals surface area contributed by atoms with Crippen LogP contribution in [0.4, 0.5) is 4.79 Å². The molecule has 1 aromatic carbocycles. The zero-order valence-corrected chi connectivity index (χ0v) is 19.7. The molecule has 0 bridgehead atoms. The van der Waals surface area contributed by atoms with Crippen molar-refractivity contribution in [2.75, 3.05) is 7.11 Å². The molecule has 7 nitrogen and oxygen atoms in total. The van der Waals surface area contributed by atoms with E-state index in [0.717, 1.165) is 42.1 Å². The van der Waals surface area contributed by atoms with Gasteiger partial charge in [0.2, 0.25) is 0 Å². The van der Waals surface area contributed by atoms with Crippen LogP contribution in [-0.2, 0) is 9.59 Å². The minimum Gasteiger partial charge on any atom is -0.493 e. The summed E-state index contributed by atoms with van der Waals surface area (Å²) in [6.45, 7) is 4.02. The summed E-state index contributed by atoms with van der Waals surface area (Å²) in [5, 5.41) is 2.32. The van der Waals surface area contributed by atoms with Gasteiger partial charge in [-0.15, -0.1) is 0 Å². The summed E-state index contributed by atoms with van der Waals surface area (Å²) < 4.78 is 12.2. The number of imide groups is 2. The Balaban J connectivity index is 1.94. The second-order valence-corrected chi connectivity index (χ2v) is 8.82. The normalized spacial score (nSPS) is 20.3. The first kappa shape index (κ1) is 22.6. The van der Waals surface area contributed by atoms with E-state index in [1.165, 1.54) is 11.0 Å². The quantitative estimate of drug-likeness (QED) is 0.340. The van der Waals surface area contributed by atoms with Crippen molar-refractivity contribution in [3.05, 3.63) is 26.8 Å². The molecule has 1 atom stereocenters. The van der Waals surface area contributed by atoms with Gasteiger partial charge >= 0.3 is 6.03 Å². The molecule has 1 saturated heterocycles. The maximum Gasteiger partial charge on any atom is 0.331 e. The first-order chi connectivity index (χ1) is 14.3. The van der Waals surface area contributed by atoms with Crippen LogP contribution < -0.4 is 14.8 Å². The molecule has 0 spiro atoms. The highest BCUT2D eigenvalue weighted by atomic mass is 127. The third-order valence-electron chi connectivity index (χ3n) is 5.53. The minimum atomic E-state index is -0.675. The Hall–Kier alpha value is -2.10. The van der Waals surface area contributed by atoms with E-state index in [1.807, 2.05) is 19.9 Å². The number of halogens is 1. The molecular weight excluding hydrogens is 499 g/mol. The molecule has 1 aromatic rings. The molecule has 0 unspecified atom stereocenters. The number of hydrogen-bond acceptors (Lipinski definition) is 5. The Morgan fingerprint density at radius 2 is 1.93 bits per heavy atom. The molecule has 162 valence electrons. The molecule has 4 amide bonds. The number of nitrogens with one attached hydrogen (secondary N) is 1. The van der Waals surface area contributed by atoms with Gasteiger partial charge in [-0.25, -0.2) is 4.79 Å². The van der Waals surface area contributed by atoms with Crippen molar-refractivity contribution in [3.63, 3.8) is 0 Å². The van der Waals surface area contributed by atoms with E-state index < -0.39 is 17.8 Å². The van der Waals surface area contributed by atoms with Crippen molar-refractivity contribution in [1.82, 2.24) is 10.2 Å². The fourth-order valence-corrected chi connectivity index (χ4v) is 4.48. The van der Waals surface area contributed by atoms with Crippen LogP contribution in [0.2, 0.25) is 0 Å². The topological polar surface area (TPSA) is 84.9 Å². The lowest BCUT2D eigenvalue weighted by Crippen LogP contribution is -2.58. The predicted molar refractivity (Wildman–Crippen MR) is 121 cm³/mol. The summed E-state index contributed by atoms with van der Waals surface area (Å²) in [5.41, 5.74) is 0.581. The van der Waals surface area contributed by atoms with Crippen LogP contribution in [0.15, 0.2) is 17.7 Å². The Morgan fingerprint density at radius 3 is 2.57 bits per heavy atom. The number of carbonyl (C=O) groups excluding carboxylic acids is 3.